The van der Waals surface area contributed by atoms with E-state index in [0.29, 0.717) is 0 Å². The molecule has 5 rings (SSSR count). The summed E-state index contributed by atoms with van der Waals surface area (Å²) in [7, 11) is -4.57. The van der Waals surface area contributed by atoms with Crippen molar-refractivity contribution in [1.29, 1.82) is 0 Å². The molecule has 0 bridgehead atoms. The summed E-state index contributed by atoms with van der Waals surface area (Å²) in [6, 6.07) is 3.90. The second kappa shape index (κ2) is 6.39. The van der Waals surface area contributed by atoms with Gasteiger partial charge in [0.1, 0.15) is 11.9 Å². The highest BCUT2D eigenvalue weighted by Gasteiger charge is 2.58. The van der Waals surface area contributed by atoms with Crippen LogP contribution in [0.2, 0.25) is 5.02 Å². The predicted molar refractivity (Wildman–Crippen MR) is 107 cm³/mol. The van der Waals surface area contributed by atoms with Gasteiger partial charge in [-0.15, -0.1) is 0 Å². The number of aromatic amines is 1. The van der Waals surface area contributed by atoms with Crippen LogP contribution in [0.15, 0.2) is 55.9 Å². The van der Waals surface area contributed by atoms with Crippen LogP contribution in [-0.4, -0.2) is 33.8 Å². The van der Waals surface area contributed by atoms with Gasteiger partial charge in [0, 0.05) is 18.0 Å². The van der Waals surface area contributed by atoms with Crippen LogP contribution in [0.25, 0.3) is 21.8 Å². The summed E-state index contributed by atoms with van der Waals surface area (Å²) in [5.41, 5.74) is -3.09. The minimum Gasteiger partial charge on any atom is -0.421 e. The Morgan fingerprint density at radius 2 is 1.88 bits per heavy atom. The normalized spacial score (nSPS) is 17.8. The van der Waals surface area contributed by atoms with Crippen molar-refractivity contribution in [3.8, 4) is 0 Å². The van der Waals surface area contributed by atoms with Gasteiger partial charge in [0.15, 0.2) is 0 Å². The molecular weight excluding hydrogens is 475 g/mol. The van der Waals surface area contributed by atoms with Crippen molar-refractivity contribution in [2.75, 3.05) is 0 Å². The van der Waals surface area contributed by atoms with E-state index in [1.807, 2.05) is 0 Å². The first kappa shape index (κ1) is 20.6. The summed E-state index contributed by atoms with van der Waals surface area (Å²) < 4.78 is 69.4. The van der Waals surface area contributed by atoms with E-state index in [4.69, 9.17) is 11.6 Å². The number of halogens is 4. The highest BCUT2D eigenvalue weighted by molar-refractivity contribution is 7.91. The van der Waals surface area contributed by atoms with Crippen LogP contribution in [0.4, 0.5) is 13.2 Å². The standard InChI is InChI=1S/C19H11ClF3N3O5S/c20-10-1-2-13(16-15(10)17(27)26(29)18(28)24-16)32(30,31)8-5-11(21)9-3-4-25(12(9)6-8)14-7-19(14,22)23/h1-6,14,29H,7H2,(H,24,28). The molecule has 2 aromatic heterocycles. The third-order valence-corrected chi connectivity index (χ3v) is 7.53. The Balaban J connectivity index is 1.79. The molecule has 0 radical (unpaired) electrons. The molecule has 166 valence electrons. The lowest BCUT2D eigenvalue weighted by atomic mass is 10.2. The van der Waals surface area contributed by atoms with E-state index in [1.165, 1.54) is 12.3 Å². The summed E-state index contributed by atoms with van der Waals surface area (Å²) in [6.07, 6.45) is 0.806. The maximum Gasteiger partial charge on any atom is 0.362 e. The molecule has 0 spiro atoms. The first-order chi connectivity index (χ1) is 14.9. The molecule has 1 atom stereocenters. The van der Waals surface area contributed by atoms with Crippen LogP contribution in [0, 0.1) is 5.82 Å². The second-order valence-corrected chi connectivity index (χ2v) is 9.71. The average Bonchev–Trinajstić information content (AvgIpc) is 3.14. The van der Waals surface area contributed by atoms with Crippen molar-refractivity contribution in [3.63, 3.8) is 0 Å². The molecule has 0 amide bonds. The minimum absolute atomic E-state index is 0.0378. The van der Waals surface area contributed by atoms with Crippen LogP contribution >= 0.6 is 11.6 Å². The predicted octanol–water partition coefficient (Wildman–Crippen LogP) is 3.09. The molecular formula is C19H11ClF3N3O5S. The summed E-state index contributed by atoms with van der Waals surface area (Å²) in [6.45, 7) is 0. The molecule has 2 N–H and O–H groups in total. The first-order valence-corrected chi connectivity index (χ1v) is 10.9. The van der Waals surface area contributed by atoms with E-state index in [1.54, 1.807) is 0 Å². The van der Waals surface area contributed by atoms with Gasteiger partial charge in [0.25, 0.3) is 11.5 Å². The minimum atomic E-state index is -4.57. The van der Waals surface area contributed by atoms with Crippen molar-refractivity contribution in [2.45, 2.75) is 28.2 Å². The van der Waals surface area contributed by atoms with Crippen molar-refractivity contribution in [3.05, 3.63) is 68.2 Å². The maximum atomic E-state index is 14.7. The number of alkyl halides is 2. The number of sulfone groups is 1. The number of nitrogens with zero attached hydrogens (tertiary/aromatic N) is 2. The van der Waals surface area contributed by atoms with E-state index in [2.05, 4.69) is 4.98 Å². The fourth-order valence-electron chi connectivity index (χ4n) is 3.72. The summed E-state index contributed by atoms with van der Waals surface area (Å²) in [5.74, 6) is -3.93. The van der Waals surface area contributed by atoms with Gasteiger partial charge in [-0.3, -0.25) is 4.79 Å². The zero-order valence-corrected chi connectivity index (χ0v) is 17.2. The molecule has 2 heterocycles. The highest BCUT2D eigenvalue weighted by atomic mass is 35.5. The largest absolute Gasteiger partial charge is 0.421 e. The molecule has 0 saturated heterocycles. The topological polar surface area (TPSA) is 114 Å². The van der Waals surface area contributed by atoms with Crippen LogP contribution in [0.5, 0.6) is 0 Å². The third-order valence-electron chi connectivity index (χ3n) is 5.44. The molecule has 2 aromatic carbocycles. The molecule has 1 saturated carbocycles. The van der Waals surface area contributed by atoms with E-state index >= 15 is 0 Å². The fraction of sp³-hybridized carbons (Fsp3) is 0.158. The van der Waals surface area contributed by atoms with Gasteiger partial charge in [-0.1, -0.05) is 16.3 Å². The molecule has 1 aliphatic carbocycles. The summed E-state index contributed by atoms with van der Waals surface area (Å²) >= 11 is 5.96. The number of hydrogen-bond acceptors (Lipinski definition) is 5. The van der Waals surface area contributed by atoms with E-state index in [9.17, 15) is 36.4 Å². The third kappa shape index (κ3) is 2.79. The van der Waals surface area contributed by atoms with Crippen molar-refractivity contribution >= 4 is 43.2 Å². The van der Waals surface area contributed by atoms with Gasteiger partial charge < -0.3 is 14.8 Å². The Kier molecular flexibility index (Phi) is 4.12. The van der Waals surface area contributed by atoms with E-state index in [0.717, 1.165) is 28.8 Å². The van der Waals surface area contributed by atoms with Gasteiger partial charge in [-0.25, -0.2) is 26.4 Å². The number of benzene rings is 2. The van der Waals surface area contributed by atoms with Crippen LogP contribution < -0.4 is 11.2 Å². The number of aromatic nitrogens is 3. The highest BCUT2D eigenvalue weighted by Crippen LogP contribution is 2.53. The van der Waals surface area contributed by atoms with Crippen LogP contribution in [0.1, 0.15) is 12.5 Å². The summed E-state index contributed by atoms with van der Waals surface area (Å²) in [4.78, 5) is 25.0. The molecule has 13 heteroatoms. The molecule has 4 aromatic rings. The van der Waals surface area contributed by atoms with Gasteiger partial charge in [-0.05, 0) is 30.3 Å². The molecule has 1 fully saturated rings. The summed E-state index contributed by atoms with van der Waals surface area (Å²) in [5, 5.41) is 8.79. The lowest BCUT2D eigenvalue weighted by Crippen LogP contribution is -2.33. The Morgan fingerprint density at radius 1 is 1.19 bits per heavy atom. The molecule has 8 nitrogen and oxygen atoms in total. The Bertz CT molecular complexity index is 1690. The lowest BCUT2D eigenvalue weighted by Gasteiger charge is -2.11. The Labute approximate surface area is 181 Å². The van der Waals surface area contributed by atoms with E-state index < -0.39 is 66.0 Å². The number of rotatable bonds is 3. The number of H-pyrrole nitrogens is 1. The number of nitrogens with one attached hydrogen (secondary N) is 1. The molecule has 1 aliphatic rings. The number of fused-ring (bicyclic) bond motifs is 2. The van der Waals surface area contributed by atoms with E-state index in [-0.39, 0.29) is 20.7 Å². The quantitative estimate of drug-likeness (QED) is 0.433. The second-order valence-electron chi connectivity index (χ2n) is 7.39. The molecule has 1 unspecified atom stereocenters. The van der Waals surface area contributed by atoms with Gasteiger partial charge in [0.2, 0.25) is 9.84 Å². The van der Waals surface area contributed by atoms with Crippen molar-refractivity contribution in [1.82, 2.24) is 14.3 Å². The van der Waals surface area contributed by atoms with Gasteiger partial charge >= 0.3 is 5.69 Å². The van der Waals surface area contributed by atoms with Gasteiger partial charge in [-0.2, -0.15) is 0 Å². The zero-order chi connectivity index (χ0) is 23.2. The molecule has 32 heavy (non-hydrogen) atoms. The average molecular weight is 486 g/mol. The van der Waals surface area contributed by atoms with Crippen LogP contribution in [0.3, 0.4) is 0 Å². The maximum absolute atomic E-state index is 14.7. The lowest BCUT2D eigenvalue weighted by molar-refractivity contribution is 0.102. The Morgan fingerprint density at radius 3 is 2.53 bits per heavy atom. The van der Waals surface area contributed by atoms with Crippen molar-refractivity contribution < 1.29 is 26.8 Å². The zero-order valence-electron chi connectivity index (χ0n) is 15.6. The van der Waals surface area contributed by atoms with Crippen LogP contribution in [-0.2, 0) is 9.84 Å². The Hall–Kier alpha value is -3.25. The van der Waals surface area contributed by atoms with Gasteiger partial charge in [0.05, 0.1) is 31.2 Å². The first-order valence-electron chi connectivity index (χ1n) is 9.03. The monoisotopic (exact) mass is 485 g/mol. The fourth-order valence-corrected chi connectivity index (χ4v) is 5.41. The number of hydrogen-bond donors (Lipinski definition) is 2. The SMILES string of the molecule is O=c1[nH]c2c(S(=O)(=O)c3cc(F)c4ccn(C5CC5(F)F)c4c3)ccc(Cl)c2c(=O)n1O. The molecule has 0 aliphatic heterocycles. The smallest absolute Gasteiger partial charge is 0.362 e. The van der Waals surface area contributed by atoms with Crippen molar-refractivity contribution in [2.24, 2.45) is 0 Å².